The van der Waals surface area contributed by atoms with E-state index >= 15 is 0 Å². The molecular formula is C21H22N4O4S. The van der Waals surface area contributed by atoms with Crippen LogP contribution in [-0.2, 0) is 14.8 Å². The summed E-state index contributed by atoms with van der Waals surface area (Å²) in [5.74, 6) is 0.181. The molecule has 2 aromatic carbocycles. The summed E-state index contributed by atoms with van der Waals surface area (Å²) in [6.07, 6.45) is 2.82. The lowest BCUT2D eigenvalue weighted by Gasteiger charge is -2.16. The molecule has 2 aliphatic heterocycles. The van der Waals surface area contributed by atoms with Crippen molar-refractivity contribution in [2.75, 3.05) is 23.3 Å². The number of sulfonamides is 1. The van der Waals surface area contributed by atoms with Gasteiger partial charge in [0, 0.05) is 42.9 Å². The number of anilines is 2. The van der Waals surface area contributed by atoms with Gasteiger partial charge in [0.1, 0.15) is 5.84 Å². The Bertz CT molecular complexity index is 1110. The van der Waals surface area contributed by atoms with Gasteiger partial charge in [-0.3, -0.25) is 19.3 Å². The molecule has 1 saturated heterocycles. The maximum absolute atomic E-state index is 12.6. The summed E-state index contributed by atoms with van der Waals surface area (Å²) in [5.41, 5.74) is 1.55. The zero-order chi connectivity index (χ0) is 21.1. The predicted molar refractivity (Wildman–Crippen MR) is 114 cm³/mol. The number of hydrogen-bond acceptors (Lipinski definition) is 5. The minimum Gasteiger partial charge on any atom is -0.322 e. The number of aliphatic imine (C=N–C) groups is 1. The van der Waals surface area contributed by atoms with Crippen molar-refractivity contribution < 1.29 is 18.0 Å². The van der Waals surface area contributed by atoms with Crippen molar-refractivity contribution in [3.8, 4) is 0 Å². The lowest BCUT2D eigenvalue weighted by Crippen LogP contribution is -2.29. The van der Waals surface area contributed by atoms with Gasteiger partial charge >= 0.3 is 0 Å². The quantitative estimate of drug-likeness (QED) is 0.766. The van der Waals surface area contributed by atoms with Crippen molar-refractivity contribution in [2.45, 2.75) is 30.6 Å². The minimum absolute atomic E-state index is 0.0535. The van der Waals surface area contributed by atoms with Crippen LogP contribution in [0.25, 0.3) is 0 Å². The van der Waals surface area contributed by atoms with Gasteiger partial charge in [0.15, 0.2) is 0 Å². The molecule has 4 rings (SSSR count). The highest BCUT2D eigenvalue weighted by Gasteiger charge is 2.22. The van der Waals surface area contributed by atoms with E-state index in [1.807, 2.05) is 0 Å². The van der Waals surface area contributed by atoms with E-state index in [-0.39, 0.29) is 16.7 Å². The van der Waals surface area contributed by atoms with E-state index in [0.717, 1.165) is 18.5 Å². The summed E-state index contributed by atoms with van der Waals surface area (Å²) in [6.45, 7) is 1.31. The third-order valence-corrected chi connectivity index (χ3v) is 6.42. The van der Waals surface area contributed by atoms with E-state index in [4.69, 9.17) is 0 Å². The van der Waals surface area contributed by atoms with E-state index in [9.17, 15) is 18.0 Å². The zero-order valence-corrected chi connectivity index (χ0v) is 17.1. The molecule has 2 N–H and O–H groups in total. The van der Waals surface area contributed by atoms with Gasteiger partial charge in [-0.1, -0.05) is 6.07 Å². The molecule has 0 unspecified atom stereocenters. The summed E-state index contributed by atoms with van der Waals surface area (Å²) in [7, 11) is -3.76. The second-order valence-corrected chi connectivity index (χ2v) is 8.90. The molecule has 1 fully saturated rings. The van der Waals surface area contributed by atoms with Crippen LogP contribution in [0.2, 0.25) is 0 Å². The van der Waals surface area contributed by atoms with E-state index in [2.05, 4.69) is 15.0 Å². The molecule has 0 atom stereocenters. The number of nitrogens with zero attached hydrogens (tertiary/aromatic N) is 2. The first kappa shape index (κ1) is 20.1. The third kappa shape index (κ3) is 4.35. The van der Waals surface area contributed by atoms with Crippen LogP contribution in [0.5, 0.6) is 0 Å². The first-order valence-electron chi connectivity index (χ1n) is 9.80. The second kappa shape index (κ2) is 8.27. The molecule has 0 radical (unpaired) electrons. The molecule has 0 aromatic heterocycles. The Kier molecular flexibility index (Phi) is 5.54. The van der Waals surface area contributed by atoms with Crippen LogP contribution in [-0.4, -0.2) is 39.2 Å². The highest BCUT2D eigenvalue weighted by Crippen LogP contribution is 2.22. The summed E-state index contributed by atoms with van der Waals surface area (Å²) >= 11 is 0. The van der Waals surface area contributed by atoms with Crippen LogP contribution in [0.1, 0.15) is 36.0 Å². The van der Waals surface area contributed by atoms with Crippen LogP contribution in [0.4, 0.5) is 11.4 Å². The van der Waals surface area contributed by atoms with Gasteiger partial charge in [0.25, 0.3) is 15.9 Å². The summed E-state index contributed by atoms with van der Waals surface area (Å²) in [5, 5.41) is 2.72. The smallest absolute Gasteiger partial charge is 0.262 e. The lowest BCUT2D eigenvalue weighted by molar-refractivity contribution is -0.117. The monoisotopic (exact) mass is 426 g/mol. The molecule has 0 bridgehead atoms. The Morgan fingerprint density at radius 2 is 1.83 bits per heavy atom. The number of amides is 2. The molecule has 0 aliphatic carbocycles. The second-order valence-electron chi connectivity index (χ2n) is 7.22. The van der Waals surface area contributed by atoms with Crippen LogP contribution in [0.15, 0.2) is 58.4 Å². The van der Waals surface area contributed by atoms with Crippen LogP contribution < -0.4 is 14.9 Å². The van der Waals surface area contributed by atoms with E-state index in [1.165, 1.54) is 12.1 Å². The third-order valence-electron chi connectivity index (χ3n) is 5.04. The Hall–Kier alpha value is -3.20. The standard InChI is InChI=1S/C21H22N4O4S/c26-20-7-3-13-25(20)17-10-8-15(9-11-17)21(27)23-16-4-1-5-18(14-16)30(28,29)24-19-6-2-12-22-19/h1,4-5,8-11,14H,2-3,6-7,12-13H2,(H,22,24)(H,23,27). The van der Waals surface area contributed by atoms with Gasteiger partial charge in [-0.25, -0.2) is 8.42 Å². The van der Waals surface area contributed by atoms with Gasteiger partial charge in [0.2, 0.25) is 5.91 Å². The van der Waals surface area contributed by atoms with Crippen molar-refractivity contribution in [1.29, 1.82) is 0 Å². The number of carbonyl (C=O) groups is 2. The number of hydrogen-bond donors (Lipinski definition) is 2. The molecule has 2 aromatic rings. The minimum atomic E-state index is -3.76. The zero-order valence-electron chi connectivity index (χ0n) is 16.3. The predicted octanol–water partition coefficient (Wildman–Crippen LogP) is 2.54. The maximum atomic E-state index is 12.6. The molecule has 2 aliphatic rings. The Morgan fingerprint density at radius 3 is 2.50 bits per heavy atom. The number of rotatable bonds is 5. The summed E-state index contributed by atoms with van der Waals surface area (Å²) in [6, 6.07) is 12.9. The molecule has 9 heteroatoms. The summed E-state index contributed by atoms with van der Waals surface area (Å²) < 4.78 is 27.6. The van der Waals surface area contributed by atoms with Crippen molar-refractivity contribution in [2.24, 2.45) is 4.99 Å². The van der Waals surface area contributed by atoms with Crippen molar-refractivity contribution in [3.05, 3.63) is 54.1 Å². The van der Waals surface area contributed by atoms with Gasteiger partial charge in [-0.15, -0.1) is 0 Å². The molecule has 2 amide bonds. The average Bonchev–Trinajstić information content (AvgIpc) is 3.39. The van der Waals surface area contributed by atoms with E-state index in [1.54, 1.807) is 41.3 Å². The highest BCUT2D eigenvalue weighted by molar-refractivity contribution is 7.90. The molecule has 0 saturated carbocycles. The topological polar surface area (TPSA) is 108 Å². The number of benzene rings is 2. The molecule has 0 spiro atoms. The molecular weight excluding hydrogens is 404 g/mol. The average molecular weight is 426 g/mol. The van der Waals surface area contributed by atoms with Gasteiger partial charge in [-0.05, 0) is 55.3 Å². The van der Waals surface area contributed by atoms with Crippen LogP contribution >= 0.6 is 0 Å². The van der Waals surface area contributed by atoms with Crippen molar-refractivity contribution >= 4 is 39.0 Å². The van der Waals surface area contributed by atoms with Crippen molar-refractivity contribution in [3.63, 3.8) is 0 Å². The van der Waals surface area contributed by atoms with E-state index < -0.39 is 10.0 Å². The van der Waals surface area contributed by atoms with Gasteiger partial charge in [0.05, 0.1) is 4.90 Å². The van der Waals surface area contributed by atoms with Crippen LogP contribution in [0, 0.1) is 0 Å². The number of amidine groups is 1. The summed E-state index contributed by atoms with van der Waals surface area (Å²) in [4.78, 5) is 30.3. The van der Waals surface area contributed by atoms with Crippen molar-refractivity contribution in [1.82, 2.24) is 4.72 Å². The fourth-order valence-electron chi connectivity index (χ4n) is 3.50. The normalized spacial score (nSPS) is 16.5. The number of nitrogens with one attached hydrogen (secondary N) is 2. The number of carbonyl (C=O) groups excluding carboxylic acids is 2. The van der Waals surface area contributed by atoms with Gasteiger partial charge in [-0.2, -0.15) is 0 Å². The van der Waals surface area contributed by atoms with Crippen LogP contribution in [0.3, 0.4) is 0 Å². The largest absolute Gasteiger partial charge is 0.322 e. The molecule has 156 valence electrons. The first-order valence-corrected chi connectivity index (χ1v) is 11.3. The SMILES string of the molecule is O=C(Nc1cccc(S(=O)(=O)NC2=NCCC2)c1)c1ccc(N2CCCC2=O)cc1. The molecule has 30 heavy (non-hydrogen) atoms. The van der Waals surface area contributed by atoms with E-state index in [0.29, 0.717) is 43.0 Å². The fourth-order valence-corrected chi connectivity index (χ4v) is 4.63. The first-order chi connectivity index (χ1) is 14.4. The lowest BCUT2D eigenvalue weighted by atomic mass is 10.1. The molecule has 2 heterocycles. The highest BCUT2D eigenvalue weighted by atomic mass is 32.2. The Labute approximate surface area is 175 Å². The molecule has 8 nitrogen and oxygen atoms in total. The maximum Gasteiger partial charge on any atom is 0.262 e. The fraction of sp³-hybridized carbons (Fsp3) is 0.286. The Balaban J connectivity index is 1.46. The Morgan fingerprint density at radius 1 is 1.03 bits per heavy atom. The van der Waals surface area contributed by atoms with Gasteiger partial charge < -0.3 is 10.2 Å².